The zero-order valence-corrected chi connectivity index (χ0v) is 15.0. The lowest BCUT2D eigenvalue weighted by Gasteiger charge is -2.38. The molecule has 1 spiro atoms. The first-order valence-corrected chi connectivity index (χ1v) is 9.71. The predicted octanol–water partition coefficient (Wildman–Crippen LogP) is 2.70. The second-order valence-electron chi connectivity index (χ2n) is 6.95. The van der Waals surface area contributed by atoms with Crippen LogP contribution in [0, 0.1) is 0 Å². The van der Waals surface area contributed by atoms with E-state index in [1.54, 1.807) is 11.3 Å². The van der Waals surface area contributed by atoms with Crippen LogP contribution < -0.4 is 5.32 Å². The summed E-state index contributed by atoms with van der Waals surface area (Å²) >= 11 is 1.70. The Morgan fingerprint density at radius 2 is 2.28 bits per heavy atom. The Kier molecular flexibility index (Phi) is 4.83. The molecule has 2 aromatic rings. The van der Waals surface area contributed by atoms with Crippen LogP contribution in [0.3, 0.4) is 0 Å². The number of rotatable bonds is 4. The summed E-state index contributed by atoms with van der Waals surface area (Å²) in [6, 6.07) is 9.62. The Balaban J connectivity index is 1.35. The number of nitrogens with zero attached hydrogens (tertiary/aromatic N) is 2. The molecule has 0 unspecified atom stereocenters. The summed E-state index contributed by atoms with van der Waals surface area (Å²) in [7, 11) is 0. The van der Waals surface area contributed by atoms with Crippen molar-refractivity contribution < 1.29 is 9.53 Å². The molecule has 1 aromatic carbocycles. The van der Waals surface area contributed by atoms with Crippen LogP contribution in [-0.2, 0) is 11.3 Å². The van der Waals surface area contributed by atoms with Gasteiger partial charge in [-0.2, -0.15) is 0 Å². The minimum atomic E-state index is -0.121. The van der Waals surface area contributed by atoms with Crippen molar-refractivity contribution in [1.29, 1.82) is 0 Å². The van der Waals surface area contributed by atoms with Crippen molar-refractivity contribution in [2.24, 2.45) is 0 Å². The van der Waals surface area contributed by atoms with E-state index in [-0.39, 0.29) is 17.6 Å². The molecule has 2 saturated heterocycles. The average Bonchev–Trinajstić information content (AvgIpc) is 3.27. The normalized spacial score (nSPS) is 26.8. The number of carbonyl (C=O) groups is 1. The van der Waals surface area contributed by atoms with Gasteiger partial charge in [0.05, 0.1) is 12.1 Å². The number of amides is 1. The molecular formula is C19H23N3O2S. The SMILES string of the molecule is O=C(N[C@H]1CCO[C@]2(CCN(Cc3nccs3)C2)C1)c1ccccc1. The van der Waals surface area contributed by atoms with E-state index in [0.29, 0.717) is 6.61 Å². The van der Waals surface area contributed by atoms with Crippen molar-refractivity contribution in [3.05, 3.63) is 52.5 Å². The van der Waals surface area contributed by atoms with Crippen LogP contribution in [-0.4, -0.2) is 47.1 Å². The van der Waals surface area contributed by atoms with Crippen LogP contribution in [0.5, 0.6) is 0 Å². The van der Waals surface area contributed by atoms with Gasteiger partial charge in [-0.05, 0) is 31.4 Å². The maximum Gasteiger partial charge on any atom is 0.251 e. The van der Waals surface area contributed by atoms with Gasteiger partial charge in [0.1, 0.15) is 5.01 Å². The molecule has 2 fully saturated rings. The van der Waals surface area contributed by atoms with Crippen LogP contribution in [0.15, 0.2) is 41.9 Å². The lowest BCUT2D eigenvalue weighted by Crippen LogP contribution is -2.49. The molecule has 2 aliphatic heterocycles. The molecule has 1 amide bonds. The number of nitrogens with one attached hydrogen (secondary N) is 1. The van der Waals surface area contributed by atoms with Crippen LogP contribution in [0.4, 0.5) is 0 Å². The van der Waals surface area contributed by atoms with Crippen molar-refractivity contribution in [3.8, 4) is 0 Å². The van der Waals surface area contributed by atoms with Crippen molar-refractivity contribution in [2.45, 2.75) is 37.5 Å². The number of hydrogen-bond donors (Lipinski definition) is 1. The van der Waals surface area contributed by atoms with Gasteiger partial charge < -0.3 is 10.1 Å². The van der Waals surface area contributed by atoms with Gasteiger partial charge in [0, 0.05) is 42.9 Å². The summed E-state index contributed by atoms with van der Waals surface area (Å²) in [4.78, 5) is 19.2. The molecule has 4 rings (SSSR count). The first-order valence-electron chi connectivity index (χ1n) is 8.83. The summed E-state index contributed by atoms with van der Waals surface area (Å²) in [5, 5.41) is 6.37. The lowest BCUT2D eigenvalue weighted by atomic mass is 9.89. The molecule has 2 atom stereocenters. The fourth-order valence-corrected chi connectivity index (χ4v) is 4.54. The Morgan fingerprint density at radius 3 is 3.08 bits per heavy atom. The van der Waals surface area contributed by atoms with Gasteiger partial charge in [0.15, 0.2) is 0 Å². The molecule has 3 heterocycles. The van der Waals surface area contributed by atoms with Crippen LogP contribution >= 0.6 is 11.3 Å². The van der Waals surface area contributed by atoms with Crippen molar-refractivity contribution >= 4 is 17.2 Å². The number of ether oxygens (including phenoxy) is 1. The van der Waals surface area contributed by atoms with Crippen molar-refractivity contribution in [1.82, 2.24) is 15.2 Å². The number of hydrogen-bond acceptors (Lipinski definition) is 5. The maximum atomic E-state index is 12.4. The standard InChI is InChI=1S/C19H23N3O2S/c23-18(15-4-2-1-3-5-15)21-16-6-10-24-19(12-16)7-9-22(14-19)13-17-20-8-11-25-17/h1-5,8,11,16H,6-7,9-10,12-14H2,(H,21,23)/t16-,19+/m0/s1. The number of benzene rings is 1. The second kappa shape index (κ2) is 7.23. The zero-order chi connectivity index (χ0) is 17.1. The minimum absolute atomic E-state index is 0.0142. The van der Waals surface area contributed by atoms with Crippen LogP contribution in [0.2, 0.25) is 0 Å². The molecule has 0 radical (unpaired) electrons. The Morgan fingerprint density at radius 1 is 1.40 bits per heavy atom. The summed E-state index contributed by atoms with van der Waals surface area (Å²) in [5.41, 5.74) is 0.601. The molecule has 1 N–H and O–H groups in total. The number of aromatic nitrogens is 1. The number of thiazole rings is 1. The summed E-state index contributed by atoms with van der Waals surface area (Å²) in [6.07, 6.45) is 4.65. The highest BCUT2D eigenvalue weighted by atomic mass is 32.1. The maximum absolute atomic E-state index is 12.4. The first-order chi connectivity index (χ1) is 12.2. The van der Waals surface area contributed by atoms with Crippen LogP contribution in [0.25, 0.3) is 0 Å². The largest absolute Gasteiger partial charge is 0.373 e. The van der Waals surface area contributed by atoms with Gasteiger partial charge in [-0.1, -0.05) is 18.2 Å². The molecule has 0 saturated carbocycles. The molecule has 2 aliphatic rings. The molecule has 25 heavy (non-hydrogen) atoms. The van der Waals surface area contributed by atoms with E-state index in [4.69, 9.17) is 4.74 Å². The predicted molar refractivity (Wildman–Crippen MR) is 97.6 cm³/mol. The van der Waals surface area contributed by atoms with Gasteiger partial charge in [0.2, 0.25) is 0 Å². The second-order valence-corrected chi connectivity index (χ2v) is 7.93. The average molecular weight is 357 g/mol. The highest BCUT2D eigenvalue weighted by molar-refractivity contribution is 7.09. The fraction of sp³-hybridized carbons (Fsp3) is 0.474. The Bertz CT molecular complexity index is 707. The molecule has 1 aromatic heterocycles. The van der Waals surface area contributed by atoms with E-state index in [1.165, 1.54) is 0 Å². The summed E-state index contributed by atoms with van der Waals surface area (Å²) < 4.78 is 6.18. The monoisotopic (exact) mass is 357 g/mol. The van der Waals surface area contributed by atoms with Gasteiger partial charge in [0.25, 0.3) is 5.91 Å². The van der Waals surface area contributed by atoms with Gasteiger partial charge in [-0.3, -0.25) is 9.69 Å². The molecule has 6 heteroatoms. The van der Waals surface area contributed by atoms with Crippen LogP contribution in [0.1, 0.15) is 34.6 Å². The molecule has 0 aliphatic carbocycles. The summed E-state index contributed by atoms with van der Waals surface area (Å²) in [5.74, 6) is 0.0142. The first kappa shape index (κ1) is 16.7. The van der Waals surface area contributed by atoms with E-state index in [9.17, 15) is 4.79 Å². The molecule has 0 bridgehead atoms. The van der Waals surface area contributed by atoms with Gasteiger partial charge in [-0.25, -0.2) is 4.98 Å². The highest BCUT2D eigenvalue weighted by Gasteiger charge is 2.43. The topological polar surface area (TPSA) is 54.5 Å². The van der Waals surface area contributed by atoms with Crippen molar-refractivity contribution in [2.75, 3.05) is 19.7 Å². The van der Waals surface area contributed by atoms with Gasteiger partial charge >= 0.3 is 0 Å². The van der Waals surface area contributed by atoms with E-state index in [0.717, 1.165) is 49.5 Å². The molecule has 132 valence electrons. The number of carbonyl (C=O) groups excluding carboxylic acids is 1. The third kappa shape index (κ3) is 3.92. The lowest BCUT2D eigenvalue weighted by molar-refractivity contribution is -0.0793. The fourth-order valence-electron chi connectivity index (χ4n) is 3.88. The van der Waals surface area contributed by atoms with E-state index in [2.05, 4.69) is 15.2 Å². The van der Waals surface area contributed by atoms with Crippen molar-refractivity contribution in [3.63, 3.8) is 0 Å². The third-order valence-electron chi connectivity index (χ3n) is 5.10. The number of likely N-dealkylation sites (tertiary alicyclic amines) is 1. The third-order valence-corrected chi connectivity index (χ3v) is 5.87. The quantitative estimate of drug-likeness (QED) is 0.914. The smallest absolute Gasteiger partial charge is 0.251 e. The van der Waals surface area contributed by atoms with E-state index >= 15 is 0 Å². The molecule has 5 nitrogen and oxygen atoms in total. The molecular weight excluding hydrogens is 334 g/mol. The summed E-state index contributed by atoms with van der Waals surface area (Å²) in [6.45, 7) is 3.55. The van der Waals surface area contributed by atoms with E-state index < -0.39 is 0 Å². The minimum Gasteiger partial charge on any atom is -0.373 e. The zero-order valence-electron chi connectivity index (χ0n) is 14.2. The Labute approximate surface area is 152 Å². The van der Waals surface area contributed by atoms with E-state index in [1.807, 2.05) is 41.9 Å². The van der Waals surface area contributed by atoms with Gasteiger partial charge in [-0.15, -0.1) is 11.3 Å². The highest BCUT2D eigenvalue weighted by Crippen LogP contribution is 2.35. The Hall–Kier alpha value is -1.76.